The summed E-state index contributed by atoms with van der Waals surface area (Å²) in [5, 5.41) is 5.64. The Balaban J connectivity index is 1.41. The summed E-state index contributed by atoms with van der Waals surface area (Å²) in [6.07, 6.45) is 4.11. The third-order valence-corrected chi connectivity index (χ3v) is 4.25. The van der Waals surface area contributed by atoms with Gasteiger partial charge in [-0.3, -0.25) is 14.6 Å². The van der Waals surface area contributed by atoms with Crippen LogP contribution in [-0.4, -0.2) is 23.4 Å². The molecule has 0 saturated heterocycles. The largest absolute Gasteiger partial charge is 0.493 e. The molecular formula is C23H23N3O3. The molecular weight excluding hydrogens is 366 g/mol. The molecule has 0 fully saturated rings. The van der Waals surface area contributed by atoms with Gasteiger partial charge < -0.3 is 15.4 Å². The highest BCUT2D eigenvalue weighted by atomic mass is 16.5. The number of nitrogens with one attached hydrogen (secondary N) is 2. The average Bonchev–Trinajstić information content (AvgIpc) is 2.74. The van der Waals surface area contributed by atoms with E-state index in [0.29, 0.717) is 36.4 Å². The minimum absolute atomic E-state index is 0.0782. The Bertz CT molecular complexity index is 957. The summed E-state index contributed by atoms with van der Waals surface area (Å²) in [6.45, 7) is 2.47. The summed E-state index contributed by atoms with van der Waals surface area (Å²) in [6, 6.07) is 18.2. The van der Waals surface area contributed by atoms with Gasteiger partial charge in [-0.25, -0.2) is 0 Å². The number of pyridine rings is 1. The van der Waals surface area contributed by atoms with Crippen molar-refractivity contribution in [3.05, 3.63) is 84.2 Å². The first-order chi connectivity index (χ1) is 14.1. The number of benzene rings is 2. The molecule has 148 valence electrons. The molecule has 2 aromatic carbocycles. The zero-order chi connectivity index (χ0) is 20.5. The second-order valence-electron chi connectivity index (χ2n) is 6.54. The first-order valence-electron chi connectivity index (χ1n) is 9.41. The van der Waals surface area contributed by atoms with Gasteiger partial charge >= 0.3 is 0 Å². The molecule has 2 amide bonds. The highest BCUT2D eigenvalue weighted by molar-refractivity contribution is 6.04. The van der Waals surface area contributed by atoms with Crippen molar-refractivity contribution >= 4 is 23.2 Å². The molecule has 3 aromatic rings. The van der Waals surface area contributed by atoms with Gasteiger partial charge in [0.15, 0.2) is 0 Å². The fourth-order valence-corrected chi connectivity index (χ4v) is 2.69. The summed E-state index contributed by atoms with van der Waals surface area (Å²) in [7, 11) is 0. The predicted octanol–water partition coefficient (Wildman–Crippen LogP) is 4.44. The van der Waals surface area contributed by atoms with Gasteiger partial charge in [-0.15, -0.1) is 0 Å². The molecule has 1 aromatic heterocycles. The van der Waals surface area contributed by atoms with Crippen LogP contribution in [0.2, 0.25) is 0 Å². The van der Waals surface area contributed by atoms with E-state index in [-0.39, 0.29) is 11.8 Å². The van der Waals surface area contributed by atoms with E-state index in [0.717, 1.165) is 11.3 Å². The van der Waals surface area contributed by atoms with Crippen LogP contribution in [0.5, 0.6) is 5.75 Å². The fraction of sp³-hybridized carbons (Fsp3) is 0.174. The lowest BCUT2D eigenvalue weighted by Crippen LogP contribution is -2.14. The Morgan fingerprint density at radius 2 is 1.66 bits per heavy atom. The second-order valence-corrected chi connectivity index (χ2v) is 6.54. The summed E-state index contributed by atoms with van der Waals surface area (Å²) >= 11 is 0. The van der Waals surface area contributed by atoms with E-state index in [4.69, 9.17) is 4.74 Å². The molecule has 3 rings (SSSR count). The van der Waals surface area contributed by atoms with E-state index >= 15 is 0 Å². The summed E-state index contributed by atoms with van der Waals surface area (Å²) in [5.74, 6) is 0.533. The lowest BCUT2D eigenvalue weighted by Gasteiger charge is -2.10. The Hall–Kier alpha value is -3.67. The van der Waals surface area contributed by atoms with Crippen LogP contribution in [0.4, 0.5) is 11.4 Å². The number of hydrogen-bond donors (Lipinski definition) is 2. The van der Waals surface area contributed by atoms with E-state index in [1.807, 2.05) is 31.2 Å². The van der Waals surface area contributed by atoms with E-state index in [2.05, 4.69) is 15.6 Å². The van der Waals surface area contributed by atoms with Gasteiger partial charge in [0, 0.05) is 30.2 Å². The van der Waals surface area contributed by atoms with Crippen molar-refractivity contribution in [1.29, 1.82) is 0 Å². The summed E-state index contributed by atoms with van der Waals surface area (Å²) in [5.41, 5.74) is 2.88. The van der Waals surface area contributed by atoms with Crippen molar-refractivity contribution in [2.45, 2.75) is 19.8 Å². The molecule has 1 heterocycles. The van der Waals surface area contributed by atoms with Crippen molar-refractivity contribution in [2.75, 3.05) is 17.2 Å². The second kappa shape index (κ2) is 10.0. The number of amides is 2. The number of anilines is 2. The van der Waals surface area contributed by atoms with E-state index < -0.39 is 0 Å². The molecule has 0 saturated carbocycles. The summed E-state index contributed by atoms with van der Waals surface area (Å²) in [4.78, 5) is 28.1. The van der Waals surface area contributed by atoms with Gasteiger partial charge in [-0.2, -0.15) is 0 Å². The zero-order valence-electron chi connectivity index (χ0n) is 16.2. The lowest BCUT2D eigenvalue weighted by molar-refractivity contribution is -0.116. The average molecular weight is 389 g/mol. The fourth-order valence-electron chi connectivity index (χ4n) is 2.69. The Morgan fingerprint density at radius 3 is 2.34 bits per heavy atom. The molecule has 0 aliphatic rings. The number of nitrogens with zero attached hydrogens (tertiary/aromatic N) is 1. The van der Waals surface area contributed by atoms with Crippen molar-refractivity contribution in [3.8, 4) is 5.75 Å². The lowest BCUT2D eigenvalue weighted by atomic mass is 10.2. The Morgan fingerprint density at radius 1 is 0.931 bits per heavy atom. The maximum Gasteiger partial charge on any atom is 0.257 e. The molecule has 0 bridgehead atoms. The van der Waals surface area contributed by atoms with Crippen LogP contribution in [0.15, 0.2) is 73.1 Å². The number of carbonyl (C=O) groups excluding carboxylic acids is 2. The molecule has 0 spiro atoms. The molecule has 6 nitrogen and oxygen atoms in total. The first-order valence-corrected chi connectivity index (χ1v) is 9.41. The van der Waals surface area contributed by atoms with E-state index in [1.165, 1.54) is 6.20 Å². The van der Waals surface area contributed by atoms with Crippen LogP contribution in [0.25, 0.3) is 0 Å². The monoisotopic (exact) mass is 389 g/mol. The number of ether oxygens (including phenoxy) is 1. The molecule has 29 heavy (non-hydrogen) atoms. The molecule has 0 aliphatic heterocycles. The van der Waals surface area contributed by atoms with Gasteiger partial charge in [0.25, 0.3) is 5.91 Å². The van der Waals surface area contributed by atoms with Gasteiger partial charge in [-0.1, -0.05) is 18.2 Å². The van der Waals surface area contributed by atoms with Gasteiger partial charge in [-0.05, 0) is 61.4 Å². The van der Waals surface area contributed by atoms with Crippen LogP contribution in [-0.2, 0) is 4.79 Å². The molecule has 0 radical (unpaired) electrons. The Kier molecular flexibility index (Phi) is 6.95. The standard InChI is InChI=1S/C23H23N3O3/c1-17-6-2-3-8-21(17)29-15-5-9-22(27)25-19-10-12-20(13-11-19)26-23(28)18-7-4-14-24-16-18/h2-4,6-8,10-14,16H,5,9,15H2,1H3,(H,25,27)(H,26,28). The molecule has 6 heteroatoms. The van der Waals surface area contributed by atoms with Gasteiger partial charge in [0.2, 0.25) is 5.91 Å². The van der Waals surface area contributed by atoms with E-state index in [9.17, 15) is 9.59 Å². The normalized spacial score (nSPS) is 10.2. The SMILES string of the molecule is Cc1ccccc1OCCCC(=O)Nc1ccc(NC(=O)c2cccnc2)cc1. The zero-order valence-corrected chi connectivity index (χ0v) is 16.2. The first kappa shape index (κ1) is 20.1. The quantitative estimate of drug-likeness (QED) is 0.558. The van der Waals surface area contributed by atoms with Gasteiger partial charge in [0.05, 0.1) is 12.2 Å². The minimum atomic E-state index is -0.233. The van der Waals surface area contributed by atoms with Crippen LogP contribution in [0.3, 0.4) is 0 Å². The van der Waals surface area contributed by atoms with Crippen molar-refractivity contribution in [2.24, 2.45) is 0 Å². The third-order valence-electron chi connectivity index (χ3n) is 4.25. The van der Waals surface area contributed by atoms with Crippen LogP contribution in [0.1, 0.15) is 28.8 Å². The number of aromatic nitrogens is 1. The predicted molar refractivity (Wildman–Crippen MR) is 113 cm³/mol. The molecule has 0 aliphatic carbocycles. The maximum atomic E-state index is 12.1. The van der Waals surface area contributed by atoms with Crippen LogP contribution < -0.4 is 15.4 Å². The van der Waals surface area contributed by atoms with E-state index in [1.54, 1.807) is 42.6 Å². The van der Waals surface area contributed by atoms with Gasteiger partial charge in [0.1, 0.15) is 5.75 Å². The minimum Gasteiger partial charge on any atom is -0.493 e. The number of hydrogen-bond acceptors (Lipinski definition) is 4. The molecule has 0 atom stereocenters. The highest BCUT2D eigenvalue weighted by Crippen LogP contribution is 2.17. The van der Waals surface area contributed by atoms with Crippen molar-refractivity contribution in [3.63, 3.8) is 0 Å². The third kappa shape index (κ3) is 6.17. The van der Waals surface area contributed by atoms with Crippen LogP contribution >= 0.6 is 0 Å². The van der Waals surface area contributed by atoms with Crippen LogP contribution in [0, 0.1) is 6.92 Å². The van der Waals surface area contributed by atoms with Crippen molar-refractivity contribution < 1.29 is 14.3 Å². The molecule has 0 unspecified atom stereocenters. The number of rotatable bonds is 8. The topological polar surface area (TPSA) is 80.3 Å². The van der Waals surface area contributed by atoms with Crippen molar-refractivity contribution in [1.82, 2.24) is 4.98 Å². The number of para-hydroxylation sites is 1. The number of carbonyl (C=O) groups is 2. The molecule has 2 N–H and O–H groups in total. The summed E-state index contributed by atoms with van der Waals surface area (Å²) < 4.78 is 5.70. The maximum absolute atomic E-state index is 12.1. The number of aryl methyl sites for hydroxylation is 1. The highest BCUT2D eigenvalue weighted by Gasteiger charge is 2.07. The smallest absolute Gasteiger partial charge is 0.257 e. The Labute approximate surface area is 169 Å².